The van der Waals surface area contributed by atoms with Gasteiger partial charge in [-0.2, -0.15) is 18.3 Å². The summed E-state index contributed by atoms with van der Waals surface area (Å²) in [4.78, 5) is 26.2. The molecule has 0 aromatic carbocycles. The number of rotatable bonds is 3. The normalized spacial score (nSPS) is 25.8. The molecule has 3 aliphatic rings. The molecule has 3 heterocycles. The molecular weight excluding hydrogens is 365 g/mol. The van der Waals surface area contributed by atoms with Crippen molar-refractivity contribution >= 4 is 17.6 Å². The number of carboxylic acid groups (broad SMARTS) is 1. The smallest absolute Gasteiger partial charge is 0.475 e. The van der Waals surface area contributed by atoms with Gasteiger partial charge in [-0.1, -0.05) is 0 Å². The van der Waals surface area contributed by atoms with E-state index in [1.165, 1.54) is 19.4 Å². The van der Waals surface area contributed by atoms with E-state index in [9.17, 15) is 18.0 Å². The van der Waals surface area contributed by atoms with Crippen molar-refractivity contribution < 1.29 is 27.9 Å². The summed E-state index contributed by atoms with van der Waals surface area (Å²) in [5.41, 5.74) is 0.847. The molecule has 27 heavy (non-hydrogen) atoms. The number of aromatic nitrogens is 2. The Hall–Kier alpha value is -2.10. The van der Waals surface area contributed by atoms with Gasteiger partial charge < -0.3 is 14.9 Å². The van der Waals surface area contributed by atoms with Crippen molar-refractivity contribution in [3.63, 3.8) is 0 Å². The Kier molecular flexibility index (Phi) is 5.20. The van der Waals surface area contributed by atoms with Crippen LogP contribution in [0.15, 0.2) is 12.4 Å². The summed E-state index contributed by atoms with van der Waals surface area (Å²) in [7, 11) is 1.90. The molecule has 1 aliphatic carbocycles. The molecule has 1 atom stereocenters. The quantitative estimate of drug-likeness (QED) is 0.856. The average molecular weight is 388 g/mol. The Balaban J connectivity index is 0.000000260. The SMILES string of the molecule is Cn1cc(N2CCC3(CCN(CC4CC4)C3)C2=O)cn1.O=C(O)C(F)(F)F. The lowest BCUT2D eigenvalue weighted by Crippen LogP contribution is -2.37. The lowest BCUT2D eigenvalue weighted by molar-refractivity contribution is -0.192. The molecule has 2 aliphatic heterocycles. The molecule has 1 amide bonds. The molecule has 10 heteroatoms. The van der Waals surface area contributed by atoms with Crippen LogP contribution in [0.5, 0.6) is 0 Å². The van der Waals surface area contributed by atoms with Crippen molar-refractivity contribution in [2.75, 3.05) is 31.1 Å². The van der Waals surface area contributed by atoms with Crippen LogP contribution in [0.3, 0.4) is 0 Å². The standard InChI is InChI=1S/C15H22N4O.C2HF3O2/c1-17-10-13(8-16-17)19-7-5-15(14(19)20)4-6-18(11-15)9-12-2-3-12;3-2(4,5)1(6)7/h8,10,12H,2-7,9,11H2,1H3;(H,6,7). The maximum absolute atomic E-state index is 12.8. The highest BCUT2D eigenvalue weighted by molar-refractivity contribution is 6.00. The van der Waals surface area contributed by atoms with E-state index in [2.05, 4.69) is 10.00 Å². The Bertz CT molecular complexity index is 717. The predicted molar refractivity (Wildman–Crippen MR) is 90.1 cm³/mol. The highest BCUT2D eigenvalue weighted by Gasteiger charge is 2.51. The van der Waals surface area contributed by atoms with Crippen LogP contribution in [0, 0.1) is 11.3 Å². The van der Waals surface area contributed by atoms with Crippen LogP contribution in [0.2, 0.25) is 0 Å². The third-order valence-corrected chi connectivity index (χ3v) is 5.40. The summed E-state index contributed by atoms with van der Waals surface area (Å²) in [5.74, 6) is -1.52. The van der Waals surface area contributed by atoms with Gasteiger partial charge in [0.1, 0.15) is 0 Å². The fraction of sp³-hybridized carbons (Fsp3) is 0.706. The molecule has 1 saturated carbocycles. The minimum Gasteiger partial charge on any atom is -0.475 e. The highest BCUT2D eigenvalue weighted by atomic mass is 19.4. The largest absolute Gasteiger partial charge is 0.490 e. The van der Waals surface area contributed by atoms with Gasteiger partial charge in [-0.05, 0) is 38.1 Å². The van der Waals surface area contributed by atoms with Gasteiger partial charge >= 0.3 is 12.1 Å². The summed E-state index contributed by atoms with van der Waals surface area (Å²) in [6.07, 6.45) is 3.47. The molecule has 3 fully saturated rings. The molecule has 0 radical (unpaired) electrons. The van der Waals surface area contributed by atoms with E-state index < -0.39 is 12.1 Å². The Morgan fingerprint density at radius 2 is 1.96 bits per heavy atom. The van der Waals surface area contributed by atoms with Crippen LogP contribution < -0.4 is 4.90 Å². The molecule has 1 aromatic rings. The molecule has 150 valence electrons. The monoisotopic (exact) mass is 388 g/mol. The lowest BCUT2D eigenvalue weighted by atomic mass is 9.85. The first kappa shape index (κ1) is 19.7. The highest BCUT2D eigenvalue weighted by Crippen LogP contribution is 2.43. The molecule has 4 rings (SSSR count). The number of aliphatic carboxylic acids is 1. The number of halogens is 3. The van der Waals surface area contributed by atoms with Gasteiger partial charge in [-0.3, -0.25) is 9.48 Å². The number of alkyl halides is 3. The Morgan fingerprint density at radius 3 is 2.48 bits per heavy atom. The van der Waals surface area contributed by atoms with Crippen LogP contribution in [-0.4, -0.2) is 64.0 Å². The molecule has 7 nitrogen and oxygen atoms in total. The first-order chi connectivity index (χ1) is 12.6. The van der Waals surface area contributed by atoms with Gasteiger partial charge in [-0.25, -0.2) is 4.79 Å². The number of carboxylic acids is 1. The van der Waals surface area contributed by atoms with E-state index in [-0.39, 0.29) is 5.41 Å². The minimum absolute atomic E-state index is 0.106. The number of nitrogens with zero attached hydrogens (tertiary/aromatic N) is 4. The number of hydrogen-bond acceptors (Lipinski definition) is 4. The Labute approximate surface area is 154 Å². The maximum Gasteiger partial charge on any atom is 0.490 e. The minimum atomic E-state index is -5.08. The van der Waals surface area contributed by atoms with Crippen molar-refractivity contribution in [1.82, 2.24) is 14.7 Å². The zero-order valence-corrected chi connectivity index (χ0v) is 15.1. The zero-order valence-electron chi connectivity index (χ0n) is 15.1. The molecular formula is C17H23F3N4O3. The second-order valence-corrected chi connectivity index (χ2v) is 7.59. The second kappa shape index (κ2) is 7.14. The molecule has 0 bridgehead atoms. The summed E-state index contributed by atoms with van der Waals surface area (Å²) < 4.78 is 33.5. The number of hydrogen-bond donors (Lipinski definition) is 1. The van der Waals surface area contributed by atoms with Gasteiger partial charge in [-0.15, -0.1) is 0 Å². The van der Waals surface area contributed by atoms with Crippen LogP contribution in [0.25, 0.3) is 0 Å². The van der Waals surface area contributed by atoms with Crippen molar-refractivity contribution in [2.24, 2.45) is 18.4 Å². The third-order valence-electron chi connectivity index (χ3n) is 5.40. The number of anilines is 1. The van der Waals surface area contributed by atoms with Crippen LogP contribution >= 0.6 is 0 Å². The predicted octanol–water partition coefficient (Wildman–Crippen LogP) is 1.89. The van der Waals surface area contributed by atoms with E-state index in [0.717, 1.165) is 44.1 Å². The van der Waals surface area contributed by atoms with Gasteiger partial charge in [0.25, 0.3) is 0 Å². The molecule has 1 spiro atoms. The van der Waals surface area contributed by atoms with Crippen LogP contribution in [0.4, 0.5) is 18.9 Å². The van der Waals surface area contributed by atoms with Crippen molar-refractivity contribution in [3.8, 4) is 0 Å². The molecule has 1 N–H and O–H groups in total. The zero-order chi connectivity index (χ0) is 19.8. The van der Waals surface area contributed by atoms with E-state index in [1.54, 1.807) is 10.9 Å². The van der Waals surface area contributed by atoms with Crippen molar-refractivity contribution in [3.05, 3.63) is 12.4 Å². The first-order valence-corrected chi connectivity index (χ1v) is 8.94. The van der Waals surface area contributed by atoms with Crippen LogP contribution in [-0.2, 0) is 16.6 Å². The Morgan fingerprint density at radius 1 is 1.33 bits per heavy atom. The number of aryl methyl sites for hydroxylation is 1. The van der Waals surface area contributed by atoms with E-state index >= 15 is 0 Å². The topological polar surface area (TPSA) is 78.7 Å². The second-order valence-electron chi connectivity index (χ2n) is 7.59. The van der Waals surface area contributed by atoms with Crippen molar-refractivity contribution in [1.29, 1.82) is 0 Å². The number of carbonyl (C=O) groups excluding carboxylic acids is 1. The number of amides is 1. The van der Waals surface area contributed by atoms with Gasteiger partial charge in [0.05, 0.1) is 17.3 Å². The summed E-state index contributed by atoms with van der Waals surface area (Å²) in [5, 5.41) is 11.3. The first-order valence-electron chi connectivity index (χ1n) is 8.94. The van der Waals surface area contributed by atoms with Gasteiger partial charge in [0.15, 0.2) is 0 Å². The fourth-order valence-electron chi connectivity index (χ4n) is 3.77. The van der Waals surface area contributed by atoms with Crippen LogP contribution in [0.1, 0.15) is 25.7 Å². The van der Waals surface area contributed by atoms with Crippen molar-refractivity contribution in [2.45, 2.75) is 31.9 Å². The molecule has 2 saturated heterocycles. The average Bonchev–Trinajstić information content (AvgIpc) is 2.99. The third kappa shape index (κ3) is 4.42. The molecule has 1 unspecified atom stereocenters. The molecule has 1 aromatic heterocycles. The van der Waals surface area contributed by atoms with E-state index in [4.69, 9.17) is 9.90 Å². The summed E-state index contributed by atoms with van der Waals surface area (Å²) in [6, 6.07) is 0. The van der Waals surface area contributed by atoms with E-state index in [1.807, 2.05) is 18.1 Å². The van der Waals surface area contributed by atoms with Gasteiger partial charge in [0, 0.05) is 32.9 Å². The summed E-state index contributed by atoms with van der Waals surface area (Å²) in [6.45, 7) is 4.13. The number of carbonyl (C=O) groups is 2. The van der Waals surface area contributed by atoms with Gasteiger partial charge in [0.2, 0.25) is 5.91 Å². The lowest BCUT2D eigenvalue weighted by Gasteiger charge is -2.23. The number of likely N-dealkylation sites (tertiary alicyclic amines) is 1. The maximum atomic E-state index is 12.8. The fourth-order valence-corrected chi connectivity index (χ4v) is 3.77. The summed E-state index contributed by atoms with van der Waals surface area (Å²) >= 11 is 0. The van der Waals surface area contributed by atoms with E-state index in [0.29, 0.717) is 5.91 Å².